The van der Waals surface area contributed by atoms with Gasteiger partial charge in [-0.25, -0.2) is 23.1 Å². The average molecular weight is 745 g/mol. The normalized spacial score (nSPS) is 22.7. The number of imide groups is 1. The number of anilines is 1. The number of ether oxygens (including phenoxy) is 1. The predicted molar refractivity (Wildman–Crippen MR) is 192 cm³/mol. The van der Waals surface area contributed by atoms with Gasteiger partial charge in [0.2, 0.25) is 11.8 Å². The summed E-state index contributed by atoms with van der Waals surface area (Å²) in [4.78, 5) is 57.4. The third kappa shape index (κ3) is 6.93. The summed E-state index contributed by atoms with van der Waals surface area (Å²) in [5.74, 6) is -0.907. The monoisotopic (exact) mass is 744 g/mol. The van der Waals surface area contributed by atoms with Crippen LogP contribution in [0.25, 0.3) is 16.7 Å². The van der Waals surface area contributed by atoms with Crippen LogP contribution in [0, 0.1) is 5.92 Å². The fourth-order valence-corrected chi connectivity index (χ4v) is 8.37. The number of hydrogen-bond acceptors (Lipinski definition) is 9. The Labute approximate surface area is 308 Å². The third-order valence-electron chi connectivity index (χ3n) is 11.1. The second-order valence-electron chi connectivity index (χ2n) is 14.5. The number of carbonyl (C=O) groups excluding carboxylic acids is 3. The maximum atomic E-state index is 14.0. The predicted octanol–water partition coefficient (Wildman–Crippen LogP) is 3.81. The van der Waals surface area contributed by atoms with Gasteiger partial charge in [-0.05, 0) is 68.6 Å². The SMILES string of the molecule is Cn1c(=O)n(C2CCC(=O)NC2=O)c2cccc(CC[C@@H]3CN(CC4CCC(n5cc(NC(=O)c6cnn7cccnc67)c(C(F)F)n5)CC4)CCO3)c21. The van der Waals surface area contributed by atoms with Crippen LogP contribution in [0.5, 0.6) is 0 Å². The van der Waals surface area contributed by atoms with Crippen molar-refractivity contribution in [3.8, 4) is 0 Å². The van der Waals surface area contributed by atoms with Gasteiger partial charge in [-0.3, -0.25) is 38.4 Å². The molecule has 2 N–H and O–H groups in total. The molecule has 17 heteroatoms. The lowest BCUT2D eigenvalue weighted by Crippen LogP contribution is -2.45. The highest BCUT2D eigenvalue weighted by Gasteiger charge is 2.33. The number of aromatic nitrogens is 7. The average Bonchev–Trinajstić information content (AvgIpc) is 3.86. The highest BCUT2D eigenvalue weighted by molar-refractivity contribution is 6.08. The number of aryl methyl sites for hydroxylation is 2. The number of morpholine rings is 1. The molecule has 3 fully saturated rings. The number of carbonyl (C=O) groups is 3. The minimum atomic E-state index is -2.85. The number of halogens is 2. The van der Waals surface area contributed by atoms with Gasteiger partial charge in [-0.2, -0.15) is 10.2 Å². The number of nitrogens with zero attached hydrogens (tertiary/aromatic N) is 8. The van der Waals surface area contributed by atoms with Crippen molar-refractivity contribution in [1.29, 1.82) is 0 Å². The molecule has 54 heavy (non-hydrogen) atoms. The Bertz CT molecular complexity index is 2270. The number of hydrogen-bond donors (Lipinski definition) is 2. The number of piperidine rings is 1. The molecular formula is C37H42F2N10O5. The second-order valence-corrected chi connectivity index (χ2v) is 14.5. The highest BCUT2D eigenvalue weighted by atomic mass is 19.3. The molecule has 0 radical (unpaired) electrons. The molecule has 1 unspecified atom stereocenters. The van der Waals surface area contributed by atoms with Gasteiger partial charge in [-0.15, -0.1) is 0 Å². The van der Waals surface area contributed by atoms with E-state index in [1.54, 1.807) is 28.6 Å². The van der Waals surface area contributed by atoms with E-state index in [9.17, 15) is 28.0 Å². The standard InChI is InChI=1S/C37H42F2N10O5/c1-45-32-23(4-2-5-28(32)49(37(45)53)29-12-13-30(50)43-36(29)52)8-11-25-20-46(16-17-54-25)19-22-6-9-24(10-7-22)48-21-27(31(44-48)33(38)39)42-35(51)26-18-41-47-15-3-14-40-34(26)47/h2-5,14-15,18,21-22,24-25,29,33H,6-13,16-17,19-20H2,1H3,(H,42,51)(H,43,50,52)/t22?,24?,25-,29?/m1/s1. The van der Waals surface area contributed by atoms with E-state index in [0.29, 0.717) is 30.1 Å². The molecule has 3 aliphatic rings. The summed E-state index contributed by atoms with van der Waals surface area (Å²) in [6.45, 7) is 3.16. The van der Waals surface area contributed by atoms with Crippen molar-refractivity contribution in [3.05, 3.63) is 76.4 Å². The molecular weight excluding hydrogens is 702 g/mol. The quantitative estimate of drug-likeness (QED) is 0.203. The van der Waals surface area contributed by atoms with E-state index in [2.05, 4.69) is 30.7 Å². The Hall–Kier alpha value is -5.29. The van der Waals surface area contributed by atoms with E-state index >= 15 is 0 Å². The first-order chi connectivity index (χ1) is 26.1. The molecule has 1 aromatic carbocycles. The third-order valence-corrected chi connectivity index (χ3v) is 11.1. The van der Waals surface area contributed by atoms with Crippen molar-refractivity contribution >= 4 is 40.1 Å². The number of imidazole rings is 1. The van der Waals surface area contributed by atoms with Crippen LogP contribution in [-0.4, -0.2) is 88.5 Å². The second kappa shape index (κ2) is 14.9. The number of amides is 3. The van der Waals surface area contributed by atoms with Crippen LogP contribution in [0.3, 0.4) is 0 Å². The largest absolute Gasteiger partial charge is 0.376 e. The van der Waals surface area contributed by atoms with Crippen molar-refractivity contribution in [2.24, 2.45) is 13.0 Å². The first kappa shape index (κ1) is 35.7. The molecule has 0 spiro atoms. The molecule has 284 valence electrons. The Morgan fingerprint density at radius 1 is 1.11 bits per heavy atom. The first-order valence-electron chi connectivity index (χ1n) is 18.5. The molecule has 5 aromatic rings. The molecule has 2 aliphatic heterocycles. The number of para-hydroxylation sites is 1. The van der Waals surface area contributed by atoms with E-state index < -0.39 is 30.0 Å². The van der Waals surface area contributed by atoms with Gasteiger partial charge in [0.05, 0.1) is 41.7 Å². The first-order valence-corrected chi connectivity index (χ1v) is 18.5. The molecule has 2 saturated heterocycles. The Morgan fingerprint density at radius 3 is 2.74 bits per heavy atom. The molecule has 3 amide bonds. The molecule has 6 heterocycles. The van der Waals surface area contributed by atoms with Gasteiger partial charge >= 0.3 is 5.69 Å². The zero-order valence-corrected chi connectivity index (χ0v) is 29.9. The van der Waals surface area contributed by atoms with E-state index in [1.807, 2.05) is 18.2 Å². The number of rotatable bonds is 10. The molecule has 1 saturated carbocycles. The lowest BCUT2D eigenvalue weighted by atomic mass is 9.85. The van der Waals surface area contributed by atoms with Gasteiger partial charge in [0, 0.05) is 51.7 Å². The van der Waals surface area contributed by atoms with E-state index in [1.165, 1.54) is 27.7 Å². The summed E-state index contributed by atoms with van der Waals surface area (Å²) in [6.07, 6.45) is 8.57. The Morgan fingerprint density at radius 2 is 1.94 bits per heavy atom. The van der Waals surface area contributed by atoms with E-state index in [4.69, 9.17) is 4.74 Å². The number of fused-ring (bicyclic) bond motifs is 2. The number of nitrogens with one attached hydrogen (secondary N) is 2. The molecule has 15 nitrogen and oxygen atoms in total. The summed E-state index contributed by atoms with van der Waals surface area (Å²) in [7, 11) is 1.72. The highest BCUT2D eigenvalue weighted by Crippen LogP contribution is 2.36. The van der Waals surface area contributed by atoms with Gasteiger partial charge in [0.15, 0.2) is 11.3 Å². The van der Waals surface area contributed by atoms with Crippen LogP contribution in [0.2, 0.25) is 0 Å². The minimum Gasteiger partial charge on any atom is -0.376 e. The number of benzene rings is 1. The van der Waals surface area contributed by atoms with Gasteiger partial charge < -0.3 is 10.1 Å². The van der Waals surface area contributed by atoms with Gasteiger partial charge in [0.1, 0.15) is 11.6 Å². The lowest BCUT2D eigenvalue weighted by molar-refractivity contribution is -0.135. The van der Waals surface area contributed by atoms with E-state index in [-0.39, 0.29) is 47.8 Å². The lowest BCUT2D eigenvalue weighted by Gasteiger charge is -2.37. The zero-order valence-electron chi connectivity index (χ0n) is 29.9. The topological polar surface area (TPSA) is 163 Å². The van der Waals surface area contributed by atoms with Crippen molar-refractivity contribution in [3.63, 3.8) is 0 Å². The minimum absolute atomic E-state index is 0.0154. The van der Waals surface area contributed by atoms with Gasteiger partial charge in [-0.1, -0.05) is 12.1 Å². The maximum absolute atomic E-state index is 14.0. The molecule has 1 aliphatic carbocycles. The van der Waals surface area contributed by atoms with Gasteiger partial charge in [0.25, 0.3) is 12.3 Å². The smallest absolute Gasteiger partial charge is 0.329 e. The summed E-state index contributed by atoms with van der Waals surface area (Å²) in [6, 6.07) is 6.66. The zero-order chi connectivity index (χ0) is 37.5. The van der Waals surface area contributed by atoms with Crippen LogP contribution < -0.4 is 16.3 Å². The summed E-state index contributed by atoms with van der Waals surface area (Å²) in [5, 5.41) is 13.3. The summed E-state index contributed by atoms with van der Waals surface area (Å²) < 4.78 is 40.4. The Kier molecular flexibility index (Phi) is 9.83. The summed E-state index contributed by atoms with van der Waals surface area (Å²) >= 11 is 0. The fraction of sp³-hybridized carbons (Fsp3) is 0.486. The van der Waals surface area contributed by atoms with Crippen LogP contribution in [0.1, 0.15) is 85.1 Å². The van der Waals surface area contributed by atoms with Crippen molar-refractivity contribution < 1.29 is 27.9 Å². The maximum Gasteiger partial charge on any atom is 0.329 e. The molecule has 2 atom stereocenters. The van der Waals surface area contributed by atoms with E-state index in [0.717, 1.165) is 62.8 Å². The van der Waals surface area contributed by atoms with Crippen LogP contribution in [0.15, 0.2) is 53.8 Å². The number of alkyl halides is 2. The fourth-order valence-electron chi connectivity index (χ4n) is 8.37. The van der Waals surface area contributed by atoms with Crippen LogP contribution >= 0.6 is 0 Å². The molecule has 0 bridgehead atoms. The summed E-state index contributed by atoms with van der Waals surface area (Å²) in [5.41, 5.74) is 2.22. The van der Waals surface area contributed by atoms with Crippen molar-refractivity contribution in [1.82, 2.24) is 43.7 Å². The van der Waals surface area contributed by atoms with Crippen molar-refractivity contribution in [2.45, 2.75) is 76.0 Å². The van der Waals surface area contributed by atoms with Crippen molar-refractivity contribution in [2.75, 3.05) is 31.6 Å². The Balaban J connectivity index is 0.862. The molecule has 8 rings (SSSR count). The van der Waals surface area contributed by atoms with Crippen LogP contribution in [-0.2, 0) is 27.8 Å². The van der Waals surface area contributed by atoms with Crippen LogP contribution in [0.4, 0.5) is 14.5 Å². The molecule has 4 aromatic heterocycles.